The molecule has 13 heteroatoms. The van der Waals surface area contributed by atoms with E-state index >= 15 is 0 Å². The SMILES string of the molecule is CCOC(=O)CC[S+]([O-])C=C(C)C1C(NC(=O)COc2ccc(C(C)C)cc2)C(=O)N1CC(=O)OCOC(C)=O. The Morgan fingerprint density at radius 1 is 1.07 bits per heavy atom. The standard InChI is InChI=1S/C27H36N2O10S/c1-6-36-23(32)11-12-40(35)15-18(4)26-25(27(34)29(26)13-24(33)39-16-38-19(5)30)28-22(31)14-37-21-9-7-20(8-10-21)17(2)3/h7-10,15,17,25-26H,6,11-14,16H2,1-5H3,(H,28,31). The number of carbonyl (C=O) groups is 5. The second kappa shape index (κ2) is 15.9. The molecule has 0 saturated carbocycles. The van der Waals surface area contributed by atoms with Crippen LogP contribution in [0, 0.1) is 0 Å². The quantitative estimate of drug-likeness (QED) is 0.139. The highest BCUT2D eigenvalue weighted by atomic mass is 32.2. The van der Waals surface area contributed by atoms with Crippen LogP contribution >= 0.6 is 0 Å². The van der Waals surface area contributed by atoms with Crippen molar-refractivity contribution in [2.24, 2.45) is 0 Å². The van der Waals surface area contributed by atoms with Crippen LogP contribution in [0.3, 0.4) is 0 Å². The van der Waals surface area contributed by atoms with Crippen molar-refractivity contribution in [1.29, 1.82) is 0 Å². The lowest BCUT2D eigenvalue weighted by atomic mass is 9.89. The minimum absolute atomic E-state index is 0.00172. The fourth-order valence-corrected chi connectivity index (χ4v) is 4.84. The number of amides is 2. The molecule has 0 aliphatic carbocycles. The maximum absolute atomic E-state index is 12.9. The van der Waals surface area contributed by atoms with E-state index < -0.39 is 66.3 Å². The third-order valence-corrected chi connectivity index (χ3v) is 7.05. The molecule has 2 amide bonds. The Balaban J connectivity index is 2.06. The van der Waals surface area contributed by atoms with Gasteiger partial charge in [0.1, 0.15) is 29.5 Å². The molecule has 1 aromatic carbocycles. The minimum Gasteiger partial charge on any atom is -0.612 e. The van der Waals surface area contributed by atoms with Gasteiger partial charge in [0.15, 0.2) is 6.61 Å². The molecule has 1 aromatic rings. The molecular weight excluding hydrogens is 544 g/mol. The zero-order valence-corrected chi connectivity index (χ0v) is 24.1. The first-order chi connectivity index (χ1) is 18.9. The van der Waals surface area contributed by atoms with Crippen LogP contribution in [0.4, 0.5) is 0 Å². The van der Waals surface area contributed by atoms with Crippen LogP contribution in [-0.2, 0) is 49.4 Å². The van der Waals surface area contributed by atoms with Crippen molar-refractivity contribution < 1.29 is 47.5 Å². The number of benzene rings is 1. The predicted molar refractivity (Wildman–Crippen MR) is 144 cm³/mol. The highest BCUT2D eigenvalue weighted by Gasteiger charge is 2.50. The molecule has 12 nitrogen and oxygen atoms in total. The summed E-state index contributed by atoms with van der Waals surface area (Å²) in [4.78, 5) is 61.4. The molecule has 3 atom stereocenters. The highest BCUT2D eigenvalue weighted by Crippen LogP contribution is 2.27. The van der Waals surface area contributed by atoms with Gasteiger partial charge < -0.3 is 33.7 Å². The molecule has 1 aliphatic heterocycles. The first kappa shape index (κ1) is 32.6. The summed E-state index contributed by atoms with van der Waals surface area (Å²) >= 11 is -1.58. The van der Waals surface area contributed by atoms with Crippen LogP contribution in [0.25, 0.3) is 0 Å². The van der Waals surface area contributed by atoms with Crippen LogP contribution in [0.2, 0.25) is 0 Å². The molecular formula is C27H36N2O10S. The van der Waals surface area contributed by atoms with E-state index in [9.17, 15) is 28.5 Å². The number of carbonyl (C=O) groups excluding carboxylic acids is 5. The van der Waals surface area contributed by atoms with E-state index in [2.05, 4.69) is 23.9 Å². The number of hydrogen-bond donors (Lipinski definition) is 1. The monoisotopic (exact) mass is 580 g/mol. The molecule has 40 heavy (non-hydrogen) atoms. The molecule has 3 unspecified atom stereocenters. The third kappa shape index (κ3) is 10.2. The molecule has 0 bridgehead atoms. The van der Waals surface area contributed by atoms with Gasteiger partial charge in [-0.05, 0) is 54.2 Å². The zero-order valence-electron chi connectivity index (χ0n) is 23.3. The summed E-state index contributed by atoms with van der Waals surface area (Å²) in [5.41, 5.74) is 1.55. The van der Waals surface area contributed by atoms with Crippen molar-refractivity contribution in [3.8, 4) is 5.75 Å². The topological polar surface area (TPSA) is 161 Å². The number of nitrogens with zero attached hydrogens (tertiary/aromatic N) is 1. The van der Waals surface area contributed by atoms with Crippen LogP contribution in [-0.4, -0.2) is 83.6 Å². The van der Waals surface area contributed by atoms with E-state index in [-0.39, 0.29) is 25.4 Å². The molecule has 1 saturated heterocycles. The fourth-order valence-electron chi connectivity index (χ4n) is 3.80. The lowest BCUT2D eigenvalue weighted by Gasteiger charge is -2.46. The highest BCUT2D eigenvalue weighted by molar-refractivity contribution is 7.94. The molecule has 0 spiro atoms. The Morgan fingerprint density at radius 3 is 2.35 bits per heavy atom. The van der Waals surface area contributed by atoms with Crippen molar-refractivity contribution in [3.63, 3.8) is 0 Å². The molecule has 1 heterocycles. The maximum atomic E-state index is 12.9. The molecule has 1 N–H and O–H groups in total. The van der Waals surface area contributed by atoms with Crippen LogP contribution in [0.1, 0.15) is 52.5 Å². The van der Waals surface area contributed by atoms with Gasteiger partial charge in [0.05, 0.1) is 19.1 Å². The molecule has 1 aliphatic rings. The van der Waals surface area contributed by atoms with Gasteiger partial charge >= 0.3 is 17.9 Å². The number of rotatable bonds is 15. The second-order valence-corrected chi connectivity index (χ2v) is 10.6. The van der Waals surface area contributed by atoms with Gasteiger partial charge in [-0.1, -0.05) is 26.0 Å². The number of β-lactam (4-membered cyclic amide) rings is 1. The molecule has 2 rings (SSSR count). The summed E-state index contributed by atoms with van der Waals surface area (Å²) in [5.74, 6) is -2.26. The Labute approximate surface area is 236 Å². The molecule has 0 radical (unpaired) electrons. The lowest BCUT2D eigenvalue weighted by molar-refractivity contribution is -0.171. The molecule has 0 aromatic heterocycles. The van der Waals surface area contributed by atoms with Crippen LogP contribution in [0.5, 0.6) is 5.75 Å². The first-order valence-electron chi connectivity index (χ1n) is 12.8. The van der Waals surface area contributed by atoms with Gasteiger partial charge in [0.2, 0.25) is 12.7 Å². The van der Waals surface area contributed by atoms with Crippen LogP contribution in [0.15, 0.2) is 35.2 Å². The Kier molecular flexibility index (Phi) is 12.9. The van der Waals surface area contributed by atoms with Gasteiger partial charge in [-0.2, -0.15) is 0 Å². The van der Waals surface area contributed by atoms with Crippen molar-refractivity contribution in [3.05, 3.63) is 40.8 Å². The lowest BCUT2D eigenvalue weighted by Crippen LogP contribution is -2.72. The summed E-state index contributed by atoms with van der Waals surface area (Å²) in [5, 5.41) is 3.98. The maximum Gasteiger partial charge on any atom is 0.328 e. The number of ether oxygens (including phenoxy) is 4. The Bertz CT molecular complexity index is 1090. The summed E-state index contributed by atoms with van der Waals surface area (Å²) in [7, 11) is 0. The predicted octanol–water partition coefficient (Wildman–Crippen LogP) is 1.55. The van der Waals surface area contributed by atoms with Crippen molar-refractivity contribution in [2.45, 2.75) is 59.0 Å². The van der Waals surface area contributed by atoms with E-state index in [4.69, 9.17) is 14.2 Å². The summed E-state index contributed by atoms with van der Waals surface area (Å²) in [6.45, 7) is 7.30. The van der Waals surface area contributed by atoms with Crippen molar-refractivity contribution in [2.75, 3.05) is 32.3 Å². The summed E-state index contributed by atoms with van der Waals surface area (Å²) in [6, 6.07) is 5.45. The van der Waals surface area contributed by atoms with Gasteiger partial charge in [-0.3, -0.25) is 24.0 Å². The number of likely N-dealkylation sites (tertiary alicyclic amines) is 1. The van der Waals surface area contributed by atoms with Crippen LogP contribution < -0.4 is 10.1 Å². The number of esters is 3. The minimum atomic E-state index is -1.58. The fraction of sp³-hybridized carbons (Fsp3) is 0.519. The largest absolute Gasteiger partial charge is 0.612 e. The van der Waals surface area contributed by atoms with Gasteiger partial charge in [0.25, 0.3) is 5.91 Å². The second-order valence-electron chi connectivity index (χ2n) is 9.24. The average Bonchev–Trinajstić information content (AvgIpc) is 2.89. The number of nitrogens with one attached hydrogen (secondary N) is 1. The van der Waals surface area contributed by atoms with E-state index in [1.807, 2.05) is 12.1 Å². The Hall–Kier alpha value is -3.58. The Morgan fingerprint density at radius 2 is 1.75 bits per heavy atom. The molecule has 1 fully saturated rings. The summed E-state index contributed by atoms with van der Waals surface area (Å²) in [6.07, 6.45) is -0.0599. The number of hydrogen-bond acceptors (Lipinski definition) is 10. The van der Waals surface area contributed by atoms with Gasteiger partial charge in [-0.15, -0.1) is 0 Å². The van der Waals surface area contributed by atoms with Crippen molar-refractivity contribution in [1.82, 2.24) is 10.2 Å². The zero-order chi connectivity index (χ0) is 29.8. The van der Waals surface area contributed by atoms with E-state index in [1.54, 1.807) is 26.0 Å². The first-order valence-corrected chi connectivity index (χ1v) is 14.1. The van der Waals surface area contributed by atoms with Gasteiger partial charge in [0, 0.05) is 6.92 Å². The van der Waals surface area contributed by atoms with E-state index in [0.29, 0.717) is 17.2 Å². The van der Waals surface area contributed by atoms with Gasteiger partial charge in [-0.25, -0.2) is 0 Å². The average molecular weight is 581 g/mol. The molecule has 220 valence electrons. The third-order valence-electron chi connectivity index (χ3n) is 5.81. The normalized spacial score (nSPS) is 17.5. The van der Waals surface area contributed by atoms with Crippen molar-refractivity contribution >= 4 is 40.9 Å². The van der Waals surface area contributed by atoms with E-state index in [0.717, 1.165) is 17.4 Å². The summed E-state index contributed by atoms with van der Waals surface area (Å²) < 4.78 is 32.3. The van der Waals surface area contributed by atoms with E-state index in [1.165, 1.54) is 5.41 Å². The smallest absolute Gasteiger partial charge is 0.328 e.